The van der Waals surface area contributed by atoms with Crippen LogP contribution in [0.3, 0.4) is 0 Å². The predicted molar refractivity (Wildman–Crippen MR) is 335 cm³/mol. The highest BCUT2D eigenvalue weighted by atomic mass is 16.6. The molecule has 458 valence electrons. The van der Waals surface area contributed by atoms with E-state index >= 15 is 0 Å². The van der Waals surface area contributed by atoms with Crippen molar-refractivity contribution >= 4 is 17.9 Å². The molecule has 1 unspecified atom stereocenters. The van der Waals surface area contributed by atoms with Crippen molar-refractivity contribution in [2.75, 3.05) is 13.2 Å². The second kappa shape index (κ2) is 66.9. The van der Waals surface area contributed by atoms with Crippen LogP contribution in [0.1, 0.15) is 419 Å². The highest BCUT2D eigenvalue weighted by molar-refractivity contribution is 5.71. The van der Waals surface area contributed by atoms with E-state index in [4.69, 9.17) is 14.2 Å². The van der Waals surface area contributed by atoms with Gasteiger partial charge in [-0.1, -0.05) is 380 Å². The van der Waals surface area contributed by atoms with Crippen LogP contribution < -0.4 is 0 Å². The lowest BCUT2D eigenvalue weighted by Crippen LogP contribution is -2.30. The zero-order chi connectivity index (χ0) is 55.7. The molecule has 0 bridgehead atoms. The first-order valence-electron chi connectivity index (χ1n) is 35.5. The number of carbonyl (C=O) groups is 3. The first kappa shape index (κ1) is 75.4. The Hall–Kier alpha value is -1.59. The van der Waals surface area contributed by atoms with Crippen LogP contribution in [0.25, 0.3) is 0 Å². The summed E-state index contributed by atoms with van der Waals surface area (Å²) >= 11 is 0. The lowest BCUT2D eigenvalue weighted by atomic mass is 10.0. The van der Waals surface area contributed by atoms with Crippen LogP contribution in [0, 0.1) is 0 Å². The van der Waals surface area contributed by atoms with Gasteiger partial charge in [-0.3, -0.25) is 14.4 Å². The summed E-state index contributed by atoms with van der Waals surface area (Å²) in [6.07, 6.45) is 78.5. The SMILES string of the molecule is CCCCCCCCCCCCCCCCCCCCCCCCCC(=O)OCC(COC(=O)CCCCCCCCCCCCCCCC)OC(=O)CCCCCCCCCCCCCCCCCCCCCCCC. The van der Waals surface area contributed by atoms with Crippen LogP contribution in [0.2, 0.25) is 0 Å². The van der Waals surface area contributed by atoms with E-state index in [1.54, 1.807) is 0 Å². The lowest BCUT2D eigenvalue weighted by Gasteiger charge is -2.18. The van der Waals surface area contributed by atoms with Crippen molar-refractivity contribution in [2.45, 2.75) is 425 Å². The molecule has 0 amide bonds. The second-order valence-electron chi connectivity index (χ2n) is 24.5. The van der Waals surface area contributed by atoms with Gasteiger partial charge in [-0.05, 0) is 19.3 Å². The number of ether oxygens (including phenoxy) is 3. The summed E-state index contributed by atoms with van der Waals surface area (Å²) in [5, 5.41) is 0. The average Bonchev–Trinajstić information content (AvgIpc) is 3.43. The molecule has 0 aliphatic carbocycles. The van der Waals surface area contributed by atoms with Crippen LogP contribution in [-0.2, 0) is 28.6 Å². The molecule has 6 heteroatoms. The van der Waals surface area contributed by atoms with E-state index in [2.05, 4.69) is 20.8 Å². The number of hydrogen-bond acceptors (Lipinski definition) is 6. The number of rotatable bonds is 67. The summed E-state index contributed by atoms with van der Waals surface area (Å²) in [7, 11) is 0. The van der Waals surface area contributed by atoms with Crippen LogP contribution >= 0.6 is 0 Å². The number of unbranched alkanes of at least 4 members (excludes halogenated alkanes) is 56. The van der Waals surface area contributed by atoms with E-state index in [0.29, 0.717) is 19.3 Å². The van der Waals surface area contributed by atoms with Crippen molar-refractivity contribution in [2.24, 2.45) is 0 Å². The molecule has 0 aliphatic heterocycles. The van der Waals surface area contributed by atoms with Gasteiger partial charge in [-0.15, -0.1) is 0 Å². The number of hydrogen-bond donors (Lipinski definition) is 0. The Balaban J connectivity index is 4.21. The fourth-order valence-electron chi connectivity index (χ4n) is 11.3. The van der Waals surface area contributed by atoms with Gasteiger partial charge in [0.25, 0.3) is 0 Å². The Labute approximate surface area is 482 Å². The Morgan fingerprint density at radius 3 is 0.519 bits per heavy atom. The zero-order valence-corrected chi connectivity index (χ0v) is 52.8. The molecule has 0 aliphatic rings. The van der Waals surface area contributed by atoms with Crippen LogP contribution in [0.5, 0.6) is 0 Å². The fraction of sp³-hybridized carbons (Fsp3) is 0.958. The van der Waals surface area contributed by atoms with Gasteiger partial charge in [-0.25, -0.2) is 0 Å². The summed E-state index contributed by atoms with van der Waals surface area (Å²) in [6.45, 7) is 6.75. The van der Waals surface area contributed by atoms with Gasteiger partial charge in [0.2, 0.25) is 0 Å². The van der Waals surface area contributed by atoms with E-state index in [0.717, 1.165) is 57.8 Å². The molecule has 6 nitrogen and oxygen atoms in total. The standard InChI is InChI=1S/C71H138O6/c1-4-7-10-13-16-19-22-25-28-30-32-34-36-38-39-41-43-46-49-52-55-58-61-64-70(73)76-67-68(66-75-69(72)63-60-57-54-51-48-45-27-24-21-18-15-12-9-6-3)77-71(74)65-62-59-56-53-50-47-44-42-40-37-35-33-31-29-26-23-20-17-14-11-8-5-2/h68H,4-67H2,1-3H3. The molecule has 0 fully saturated rings. The van der Waals surface area contributed by atoms with Gasteiger partial charge in [0, 0.05) is 19.3 Å². The monoisotopic (exact) mass is 1090 g/mol. The van der Waals surface area contributed by atoms with E-state index in [1.807, 2.05) is 0 Å². The van der Waals surface area contributed by atoms with E-state index in [9.17, 15) is 14.4 Å². The lowest BCUT2D eigenvalue weighted by molar-refractivity contribution is -0.167. The van der Waals surface area contributed by atoms with E-state index in [-0.39, 0.29) is 31.1 Å². The molecule has 0 saturated carbocycles. The smallest absolute Gasteiger partial charge is 0.306 e. The number of esters is 3. The highest BCUT2D eigenvalue weighted by Gasteiger charge is 2.19. The molecule has 0 radical (unpaired) electrons. The molecular weight excluding hydrogens is 949 g/mol. The predicted octanol–water partition coefficient (Wildman–Crippen LogP) is 24.2. The minimum atomic E-state index is -0.763. The van der Waals surface area contributed by atoms with Gasteiger partial charge in [0.05, 0.1) is 0 Å². The Morgan fingerprint density at radius 2 is 0.351 bits per heavy atom. The van der Waals surface area contributed by atoms with Crippen molar-refractivity contribution < 1.29 is 28.6 Å². The Bertz CT molecular complexity index is 1160. The molecule has 0 spiro atoms. The second-order valence-corrected chi connectivity index (χ2v) is 24.5. The van der Waals surface area contributed by atoms with Crippen molar-refractivity contribution in [1.29, 1.82) is 0 Å². The molecule has 77 heavy (non-hydrogen) atoms. The van der Waals surface area contributed by atoms with Crippen LogP contribution in [-0.4, -0.2) is 37.2 Å². The van der Waals surface area contributed by atoms with Crippen molar-refractivity contribution in [1.82, 2.24) is 0 Å². The molecule has 0 aromatic rings. The topological polar surface area (TPSA) is 78.9 Å². The number of carbonyl (C=O) groups excluding carboxylic acids is 3. The van der Waals surface area contributed by atoms with E-state index in [1.165, 1.54) is 321 Å². The highest BCUT2D eigenvalue weighted by Crippen LogP contribution is 2.19. The molecule has 0 saturated heterocycles. The third kappa shape index (κ3) is 65.1. The molecule has 0 aromatic heterocycles. The van der Waals surface area contributed by atoms with Crippen molar-refractivity contribution in [3.05, 3.63) is 0 Å². The molecule has 0 aromatic carbocycles. The largest absolute Gasteiger partial charge is 0.462 e. The molecule has 0 N–H and O–H groups in total. The zero-order valence-electron chi connectivity index (χ0n) is 52.8. The van der Waals surface area contributed by atoms with Gasteiger partial charge < -0.3 is 14.2 Å². The maximum Gasteiger partial charge on any atom is 0.306 e. The fourth-order valence-corrected chi connectivity index (χ4v) is 11.3. The summed E-state index contributed by atoms with van der Waals surface area (Å²) in [4.78, 5) is 38.4. The molecular formula is C71H138O6. The van der Waals surface area contributed by atoms with Crippen molar-refractivity contribution in [3.63, 3.8) is 0 Å². The van der Waals surface area contributed by atoms with Crippen LogP contribution in [0.4, 0.5) is 0 Å². The first-order valence-corrected chi connectivity index (χ1v) is 35.5. The molecule has 0 heterocycles. The Kier molecular flexibility index (Phi) is 65.5. The quantitative estimate of drug-likeness (QED) is 0.0343. The van der Waals surface area contributed by atoms with Crippen LogP contribution in [0.15, 0.2) is 0 Å². The van der Waals surface area contributed by atoms with Gasteiger partial charge in [0.15, 0.2) is 6.10 Å². The first-order chi connectivity index (χ1) is 38.0. The maximum absolute atomic E-state index is 13.0. The Morgan fingerprint density at radius 1 is 0.208 bits per heavy atom. The maximum atomic E-state index is 13.0. The van der Waals surface area contributed by atoms with E-state index < -0.39 is 6.10 Å². The average molecular weight is 1090 g/mol. The summed E-state index contributed by atoms with van der Waals surface area (Å²) in [5.41, 5.74) is 0. The normalized spacial score (nSPS) is 11.9. The van der Waals surface area contributed by atoms with Crippen molar-refractivity contribution in [3.8, 4) is 0 Å². The van der Waals surface area contributed by atoms with Gasteiger partial charge in [0.1, 0.15) is 13.2 Å². The third-order valence-corrected chi connectivity index (χ3v) is 16.6. The van der Waals surface area contributed by atoms with Gasteiger partial charge >= 0.3 is 17.9 Å². The molecule has 1 atom stereocenters. The minimum Gasteiger partial charge on any atom is -0.462 e. The summed E-state index contributed by atoms with van der Waals surface area (Å²) in [6, 6.07) is 0. The third-order valence-electron chi connectivity index (χ3n) is 16.6. The molecule has 0 rings (SSSR count). The summed E-state index contributed by atoms with van der Waals surface area (Å²) < 4.78 is 17.0. The summed E-state index contributed by atoms with van der Waals surface area (Å²) in [5.74, 6) is -0.819. The minimum absolute atomic E-state index is 0.0601. The van der Waals surface area contributed by atoms with Gasteiger partial charge in [-0.2, -0.15) is 0 Å².